The SMILES string of the molecule is NCC1CCCCN1C(=O)c1n[nH]c(C2CC2)n1. The monoisotopic (exact) mass is 249 g/mol. The Kier molecular flexibility index (Phi) is 3.03. The van der Waals surface area contributed by atoms with Crippen molar-refractivity contribution in [3.05, 3.63) is 11.6 Å². The number of hydrogen-bond acceptors (Lipinski definition) is 4. The molecule has 0 spiro atoms. The van der Waals surface area contributed by atoms with Crippen LogP contribution in [0.15, 0.2) is 0 Å². The zero-order valence-electron chi connectivity index (χ0n) is 10.4. The molecule has 0 aromatic carbocycles. The Morgan fingerprint density at radius 3 is 2.94 bits per heavy atom. The fraction of sp³-hybridized carbons (Fsp3) is 0.750. The van der Waals surface area contributed by atoms with Crippen molar-refractivity contribution >= 4 is 5.91 Å². The third-order valence-corrected chi connectivity index (χ3v) is 3.82. The van der Waals surface area contributed by atoms with Gasteiger partial charge in [-0.05, 0) is 32.1 Å². The summed E-state index contributed by atoms with van der Waals surface area (Å²) in [7, 11) is 0. The molecule has 98 valence electrons. The molecule has 1 unspecified atom stereocenters. The van der Waals surface area contributed by atoms with Crippen LogP contribution in [0, 0.1) is 0 Å². The number of amides is 1. The first-order valence-electron chi connectivity index (χ1n) is 6.73. The van der Waals surface area contributed by atoms with Gasteiger partial charge in [0.05, 0.1) is 0 Å². The smallest absolute Gasteiger partial charge is 0.293 e. The van der Waals surface area contributed by atoms with Crippen molar-refractivity contribution in [3.8, 4) is 0 Å². The van der Waals surface area contributed by atoms with Gasteiger partial charge in [0.1, 0.15) is 5.82 Å². The molecule has 1 aromatic rings. The Labute approximate surface area is 106 Å². The molecule has 6 nitrogen and oxygen atoms in total. The van der Waals surface area contributed by atoms with E-state index in [1.165, 1.54) is 0 Å². The molecule has 6 heteroatoms. The standard InChI is InChI=1S/C12H19N5O/c13-7-9-3-1-2-6-17(9)12(18)11-14-10(15-16-11)8-4-5-8/h8-9H,1-7,13H2,(H,14,15,16). The first-order chi connectivity index (χ1) is 8.79. The second-order valence-electron chi connectivity index (χ2n) is 5.20. The van der Waals surface area contributed by atoms with E-state index in [2.05, 4.69) is 15.2 Å². The van der Waals surface area contributed by atoms with E-state index in [4.69, 9.17) is 5.73 Å². The van der Waals surface area contributed by atoms with Gasteiger partial charge in [-0.25, -0.2) is 4.98 Å². The number of likely N-dealkylation sites (tertiary alicyclic amines) is 1. The maximum absolute atomic E-state index is 12.4. The molecule has 2 aliphatic rings. The van der Waals surface area contributed by atoms with Gasteiger partial charge in [-0.3, -0.25) is 9.89 Å². The molecule has 1 saturated carbocycles. The van der Waals surface area contributed by atoms with Gasteiger partial charge in [0.2, 0.25) is 5.82 Å². The number of aromatic nitrogens is 3. The van der Waals surface area contributed by atoms with E-state index in [9.17, 15) is 4.79 Å². The lowest BCUT2D eigenvalue weighted by Gasteiger charge is -2.34. The average molecular weight is 249 g/mol. The Hall–Kier alpha value is -1.43. The van der Waals surface area contributed by atoms with Crippen LogP contribution in [0.4, 0.5) is 0 Å². The van der Waals surface area contributed by atoms with Gasteiger partial charge in [0.15, 0.2) is 0 Å². The minimum absolute atomic E-state index is 0.0756. The topological polar surface area (TPSA) is 87.9 Å². The first-order valence-corrected chi connectivity index (χ1v) is 6.73. The van der Waals surface area contributed by atoms with E-state index < -0.39 is 0 Å². The number of aromatic amines is 1. The highest BCUT2D eigenvalue weighted by atomic mass is 16.2. The molecule has 1 amide bonds. The molecule has 0 radical (unpaired) electrons. The Morgan fingerprint density at radius 1 is 1.39 bits per heavy atom. The zero-order chi connectivity index (χ0) is 12.5. The number of carbonyl (C=O) groups is 1. The van der Waals surface area contributed by atoms with E-state index in [-0.39, 0.29) is 11.9 Å². The summed E-state index contributed by atoms with van der Waals surface area (Å²) in [5.74, 6) is 1.58. The van der Waals surface area contributed by atoms with Crippen LogP contribution in [-0.2, 0) is 0 Å². The molecule has 3 rings (SSSR count). The van der Waals surface area contributed by atoms with Crippen molar-refractivity contribution in [3.63, 3.8) is 0 Å². The van der Waals surface area contributed by atoms with E-state index in [1.54, 1.807) is 0 Å². The largest absolute Gasteiger partial charge is 0.332 e. The fourth-order valence-electron chi connectivity index (χ4n) is 2.55. The van der Waals surface area contributed by atoms with Gasteiger partial charge < -0.3 is 10.6 Å². The Morgan fingerprint density at radius 2 is 2.22 bits per heavy atom. The first kappa shape index (κ1) is 11.6. The van der Waals surface area contributed by atoms with Crippen molar-refractivity contribution in [2.24, 2.45) is 5.73 Å². The molecule has 1 atom stereocenters. The summed E-state index contributed by atoms with van der Waals surface area (Å²) in [6, 6.07) is 0.147. The van der Waals surface area contributed by atoms with Crippen LogP contribution in [0.5, 0.6) is 0 Å². The lowest BCUT2D eigenvalue weighted by atomic mass is 10.0. The number of nitrogens with zero attached hydrogens (tertiary/aromatic N) is 3. The van der Waals surface area contributed by atoms with Gasteiger partial charge in [-0.1, -0.05) is 0 Å². The highest BCUT2D eigenvalue weighted by Gasteiger charge is 2.31. The minimum atomic E-state index is -0.0756. The predicted octanol–water partition coefficient (Wildman–Crippen LogP) is 0.635. The summed E-state index contributed by atoms with van der Waals surface area (Å²) in [6.45, 7) is 1.29. The van der Waals surface area contributed by atoms with Crippen molar-refractivity contribution in [2.75, 3.05) is 13.1 Å². The molecule has 3 N–H and O–H groups in total. The molecular weight excluding hydrogens is 230 g/mol. The van der Waals surface area contributed by atoms with Gasteiger partial charge in [0, 0.05) is 25.0 Å². The molecular formula is C12H19N5O. The molecule has 2 heterocycles. The molecule has 1 aliphatic heterocycles. The number of hydrogen-bond donors (Lipinski definition) is 2. The van der Waals surface area contributed by atoms with E-state index in [0.29, 0.717) is 18.3 Å². The maximum Gasteiger partial charge on any atom is 0.293 e. The van der Waals surface area contributed by atoms with Gasteiger partial charge in [-0.15, -0.1) is 5.10 Å². The number of nitrogens with two attached hydrogens (primary N) is 1. The molecule has 1 aromatic heterocycles. The summed E-state index contributed by atoms with van der Waals surface area (Å²) < 4.78 is 0. The van der Waals surface area contributed by atoms with Crippen molar-refractivity contribution in [1.29, 1.82) is 0 Å². The number of H-pyrrole nitrogens is 1. The van der Waals surface area contributed by atoms with E-state index in [0.717, 1.165) is 44.5 Å². The number of piperidine rings is 1. The Bertz CT molecular complexity index is 439. The van der Waals surface area contributed by atoms with E-state index >= 15 is 0 Å². The average Bonchev–Trinajstić information content (AvgIpc) is 3.16. The highest BCUT2D eigenvalue weighted by Crippen LogP contribution is 2.37. The summed E-state index contributed by atoms with van der Waals surface area (Å²) >= 11 is 0. The summed E-state index contributed by atoms with van der Waals surface area (Å²) in [5, 5.41) is 6.93. The summed E-state index contributed by atoms with van der Waals surface area (Å²) in [6.07, 6.45) is 5.48. The second-order valence-corrected chi connectivity index (χ2v) is 5.20. The minimum Gasteiger partial charge on any atom is -0.332 e. The number of nitrogens with one attached hydrogen (secondary N) is 1. The Balaban J connectivity index is 1.74. The van der Waals surface area contributed by atoms with Gasteiger partial charge in [0.25, 0.3) is 5.91 Å². The van der Waals surface area contributed by atoms with Crippen LogP contribution in [-0.4, -0.2) is 45.1 Å². The van der Waals surface area contributed by atoms with Gasteiger partial charge in [-0.2, -0.15) is 0 Å². The summed E-state index contributed by atoms with van der Waals surface area (Å²) in [5.41, 5.74) is 5.73. The summed E-state index contributed by atoms with van der Waals surface area (Å²) in [4.78, 5) is 18.5. The van der Waals surface area contributed by atoms with Crippen LogP contribution in [0.25, 0.3) is 0 Å². The third kappa shape index (κ3) is 2.12. The quantitative estimate of drug-likeness (QED) is 0.822. The number of carbonyl (C=O) groups excluding carboxylic acids is 1. The predicted molar refractivity (Wildman–Crippen MR) is 66.1 cm³/mol. The van der Waals surface area contributed by atoms with Crippen molar-refractivity contribution < 1.29 is 4.79 Å². The normalized spacial score (nSPS) is 24.3. The lowest BCUT2D eigenvalue weighted by molar-refractivity contribution is 0.0611. The zero-order valence-corrected chi connectivity index (χ0v) is 10.4. The highest BCUT2D eigenvalue weighted by molar-refractivity contribution is 5.90. The maximum atomic E-state index is 12.4. The fourth-order valence-corrected chi connectivity index (χ4v) is 2.55. The van der Waals surface area contributed by atoms with Crippen LogP contribution in [0.1, 0.15) is 54.5 Å². The molecule has 1 aliphatic carbocycles. The molecule has 0 bridgehead atoms. The molecule has 2 fully saturated rings. The van der Waals surface area contributed by atoms with E-state index in [1.807, 2.05) is 4.90 Å². The van der Waals surface area contributed by atoms with Crippen LogP contribution in [0.2, 0.25) is 0 Å². The van der Waals surface area contributed by atoms with Crippen LogP contribution in [0.3, 0.4) is 0 Å². The second kappa shape index (κ2) is 4.68. The molecule has 18 heavy (non-hydrogen) atoms. The van der Waals surface area contributed by atoms with Crippen molar-refractivity contribution in [1.82, 2.24) is 20.1 Å². The third-order valence-electron chi connectivity index (χ3n) is 3.82. The lowest BCUT2D eigenvalue weighted by Crippen LogP contribution is -2.47. The molecule has 1 saturated heterocycles. The number of rotatable bonds is 3. The van der Waals surface area contributed by atoms with Crippen molar-refractivity contribution in [2.45, 2.75) is 44.1 Å². The van der Waals surface area contributed by atoms with Gasteiger partial charge >= 0.3 is 0 Å². The van der Waals surface area contributed by atoms with Crippen LogP contribution >= 0.6 is 0 Å². The van der Waals surface area contributed by atoms with Crippen LogP contribution < -0.4 is 5.73 Å².